The maximum atomic E-state index is 14.7. The van der Waals surface area contributed by atoms with E-state index >= 15 is 0 Å². The highest BCUT2D eigenvalue weighted by Crippen LogP contribution is 2.39. The van der Waals surface area contributed by atoms with Gasteiger partial charge in [0.15, 0.2) is 11.6 Å². The molecule has 0 aliphatic carbocycles. The summed E-state index contributed by atoms with van der Waals surface area (Å²) in [5, 5.41) is 7.72. The first-order chi connectivity index (χ1) is 18.7. The molecule has 2 N–H and O–H groups in total. The van der Waals surface area contributed by atoms with Crippen molar-refractivity contribution in [1.29, 1.82) is 0 Å². The van der Waals surface area contributed by atoms with Crippen LogP contribution in [0.4, 0.5) is 23.2 Å². The molecule has 0 amide bonds. The molecule has 5 aromatic rings. The molecule has 4 aromatic heterocycles. The predicted molar refractivity (Wildman–Crippen MR) is 135 cm³/mol. The van der Waals surface area contributed by atoms with Crippen molar-refractivity contribution in [3.8, 4) is 16.8 Å². The van der Waals surface area contributed by atoms with E-state index in [2.05, 4.69) is 30.4 Å². The Hall–Kier alpha value is -4.81. The predicted octanol–water partition coefficient (Wildman–Crippen LogP) is 5.05. The molecule has 1 aliphatic heterocycles. The number of benzene rings is 1. The highest BCUT2D eigenvalue weighted by atomic mass is 19.4. The van der Waals surface area contributed by atoms with Crippen LogP contribution in [0.5, 0.6) is 0 Å². The molecule has 0 bridgehead atoms. The van der Waals surface area contributed by atoms with Crippen molar-refractivity contribution in [2.45, 2.75) is 19.5 Å². The van der Waals surface area contributed by atoms with Crippen LogP contribution >= 0.6 is 0 Å². The summed E-state index contributed by atoms with van der Waals surface area (Å²) in [5.41, 5.74) is 2.15. The van der Waals surface area contributed by atoms with Crippen LogP contribution in [0, 0.1) is 5.82 Å². The van der Waals surface area contributed by atoms with Gasteiger partial charge >= 0.3 is 12.1 Å². The molecular formula is C26H19F4N7O2. The number of anilines is 1. The van der Waals surface area contributed by atoms with Crippen molar-refractivity contribution in [2.75, 3.05) is 18.4 Å². The number of hydrogen-bond acceptors (Lipinski definition) is 7. The summed E-state index contributed by atoms with van der Waals surface area (Å²) in [6, 6.07) is 5.27. The number of aromatic amines is 1. The Labute approximate surface area is 217 Å². The number of nitrogens with zero attached hydrogens (tertiary/aromatic N) is 5. The fourth-order valence-electron chi connectivity index (χ4n) is 4.63. The number of aliphatic imine (C=N–C) groups is 1. The molecule has 39 heavy (non-hydrogen) atoms. The number of cyclic esters (lactones) is 1. The highest BCUT2D eigenvalue weighted by Gasteiger charge is 2.34. The minimum absolute atomic E-state index is 0.0555. The van der Waals surface area contributed by atoms with Crippen LogP contribution in [0.25, 0.3) is 38.8 Å². The lowest BCUT2D eigenvalue weighted by Gasteiger charge is -2.13. The zero-order valence-corrected chi connectivity index (χ0v) is 20.3. The molecule has 9 nitrogen and oxygen atoms in total. The van der Waals surface area contributed by atoms with E-state index in [4.69, 9.17) is 4.74 Å². The van der Waals surface area contributed by atoms with E-state index < -0.39 is 23.7 Å². The van der Waals surface area contributed by atoms with Crippen molar-refractivity contribution in [2.24, 2.45) is 4.99 Å². The van der Waals surface area contributed by atoms with E-state index in [-0.39, 0.29) is 24.6 Å². The summed E-state index contributed by atoms with van der Waals surface area (Å²) >= 11 is 0. The first-order valence-corrected chi connectivity index (χ1v) is 11.9. The zero-order valence-electron chi connectivity index (χ0n) is 20.3. The first kappa shape index (κ1) is 24.5. The van der Waals surface area contributed by atoms with E-state index in [1.54, 1.807) is 12.3 Å². The molecule has 13 heteroatoms. The molecular weight excluding hydrogens is 518 g/mol. The normalized spacial score (nSPS) is 13.8. The van der Waals surface area contributed by atoms with Gasteiger partial charge in [0.2, 0.25) is 0 Å². The molecule has 0 unspecified atom stereocenters. The number of nitrogens with one attached hydrogen (secondary N) is 2. The zero-order chi connectivity index (χ0) is 27.3. The van der Waals surface area contributed by atoms with Crippen molar-refractivity contribution in [3.63, 3.8) is 0 Å². The molecule has 198 valence electrons. The Kier molecular flexibility index (Phi) is 5.78. The first-order valence-electron chi connectivity index (χ1n) is 11.9. The number of esters is 1. The highest BCUT2D eigenvalue weighted by molar-refractivity contribution is 6.15. The summed E-state index contributed by atoms with van der Waals surface area (Å²) in [6.07, 6.45) is 1.34. The summed E-state index contributed by atoms with van der Waals surface area (Å²) in [6.45, 7) is 2.33. The molecule has 1 aromatic carbocycles. The number of carbonyl (C=O) groups excluding carboxylic acids is 1. The number of alkyl halides is 3. The molecule has 0 fully saturated rings. The van der Waals surface area contributed by atoms with E-state index in [0.717, 1.165) is 10.7 Å². The molecule has 0 saturated heterocycles. The molecule has 0 radical (unpaired) electrons. The Bertz CT molecular complexity index is 1790. The maximum absolute atomic E-state index is 14.7. The van der Waals surface area contributed by atoms with Gasteiger partial charge in [0.05, 0.1) is 28.7 Å². The van der Waals surface area contributed by atoms with Crippen molar-refractivity contribution in [3.05, 3.63) is 66.1 Å². The Morgan fingerprint density at radius 3 is 2.74 bits per heavy atom. The largest absolute Gasteiger partial charge is 0.435 e. The van der Waals surface area contributed by atoms with Gasteiger partial charge in [-0.2, -0.15) is 18.3 Å². The van der Waals surface area contributed by atoms with Crippen molar-refractivity contribution in [1.82, 2.24) is 24.7 Å². The van der Waals surface area contributed by atoms with Gasteiger partial charge < -0.3 is 15.0 Å². The monoisotopic (exact) mass is 537 g/mol. The third kappa shape index (κ3) is 4.45. The van der Waals surface area contributed by atoms with E-state index in [9.17, 15) is 22.4 Å². The second kappa shape index (κ2) is 9.19. The minimum Gasteiger partial charge on any atom is -0.410 e. The van der Waals surface area contributed by atoms with Crippen molar-refractivity contribution >= 4 is 39.5 Å². The second-order valence-corrected chi connectivity index (χ2v) is 8.86. The van der Waals surface area contributed by atoms with Gasteiger partial charge in [0.1, 0.15) is 18.0 Å². The fraction of sp³-hybridized carbons (Fsp3) is 0.192. The number of hydrogen-bond donors (Lipinski definition) is 2. The van der Waals surface area contributed by atoms with Gasteiger partial charge in [0, 0.05) is 47.8 Å². The standard InChI is InChI=1S/C26H19F4N7O2/c1-2-32-18-8-15(27)7-16-22-24(37-4-3-19(36-37)26(28,29)30)17(11-34-25(22)35-23(16)18)14-5-13(9-31-10-14)6-20-33-12-21(38)39-20/h3-5,7-11,32H,2,6,12H2,1H3,(H,34,35). The number of carbonyl (C=O) groups is 1. The van der Waals surface area contributed by atoms with Crippen molar-refractivity contribution < 1.29 is 27.1 Å². The number of H-pyrrole nitrogens is 1. The van der Waals surface area contributed by atoms with E-state index in [1.807, 2.05) is 6.92 Å². The van der Waals surface area contributed by atoms with Crippen LogP contribution in [0.1, 0.15) is 18.2 Å². The average molecular weight is 537 g/mol. The second-order valence-electron chi connectivity index (χ2n) is 8.86. The topological polar surface area (TPSA) is 110 Å². The van der Waals surface area contributed by atoms with Crippen LogP contribution in [0.15, 0.2) is 54.0 Å². The summed E-state index contributed by atoms with van der Waals surface area (Å²) in [5.74, 6) is -0.728. The molecule has 5 heterocycles. The Morgan fingerprint density at radius 2 is 2.03 bits per heavy atom. The Morgan fingerprint density at radius 1 is 1.18 bits per heavy atom. The van der Waals surface area contributed by atoms with Crippen LogP contribution in [0.3, 0.4) is 0 Å². The molecule has 1 aliphatic rings. The Balaban J connectivity index is 1.60. The number of pyridine rings is 2. The number of halogens is 4. The number of aromatic nitrogens is 5. The molecule has 0 spiro atoms. The van der Waals surface area contributed by atoms with Crippen LogP contribution < -0.4 is 5.32 Å². The van der Waals surface area contributed by atoms with E-state index in [0.29, 0.717) is 50.9 Å². The minimum atomic E-state index is -4.66. The lowest BCUT2D eigenvalue weighted by Crippen LogP contribution is -2.08. The van der Waals surface area contributed by atoms with Gasteiger partial charge in [-0.1, -0.05) is 0 Å². The average Bonchev–Trinajstić information content (AvgIpc) is 3.62. The third-order valence-corrected chi connectivity index (χ3v) is 6.22. The molecule has 6 rings (SSSR count). The van der Waals surface area contributed by atoms with Crippen LogP contribution in [-0.2, 0) is 22.1 Å². The third-order valence-electron chi connectivity index (χ3n) is 6.22. The summed E-state index contributed by atoms with van der Waals surface area (Å²) in [7, 11) is 0. The molecule has 0 atom stereocenters. The summed E-state index contributed by atoms with van der Waals surface area (Å²) in [4.78, 5) is 27.4. The van der Waals surface area contributed by atoms with Crippen LogP contribution in [0.2, 0.25) is 0 Å². The SMILES string of the molecule is CCNc1cc(F)cc2c1[nH]c1ncc(-c3cncc(CC4=NCC(=O)O4)c3)c(-n3ccc(C(F)(F)F)n3)c12. The van der Waals surface area contributed by atoms with Gasteiger partial charge in [-0.05, 0) is 36.8 Å². The van der Waals surface area contributed by atoms with Gasteiger partial charge in [-0.15, -0.1) is 0 Å². The van der Waals surface area contributed by atoms with Gasteiger partial charge in [-0.25, -0.2) is 23.8 Å². The quantitative estimate of drug-likeness (QED) is 0.232. The fourth-order valence-corrected chi connectivity index (χ4v) is 4.63. The van der Waals surface area contributed by atoms with Gasteiger partial charge in [-0.3, -0.25) is 4.98 Å². The number of fused-ring (bicyclic) bond motifs is 3. The van der Waals surface area contributed by atoms with E-state index in [1.165, 1.54) is 30.7 Å². The lowest BCUT2D eigenvalue weighted by molar-refractivity contribution is -0.141. The maximum Gasteiger partial charge on any atom is 0.435 e. The smallest absolute Gasteiger partial charge is 0.410 e. The molecule has 0 saturated carbocycles. The van der Waals surface area contributed by atoms with Crippen LogP contribution in [-0.4, -0.2) is 49.7 Å². The summed E-state index contributed by atoms with van der Waals surface area (Å²) < 4.78 is 61.4. The number of ether oxygens (including phenoxy) is 1. The lowest BCUT2D eigenvalue weighted by atomic mass is 10.0. The number of rotatable bonds is 6. The van der Waals surface area contributed by atoms with Gasteiger partial charge in [0.25, 0.3) is 0 Å².